The first kappa shape index (κ1) is 23.6. The summed E-state index contributed by atoms with van der Waals surface area (Å²) in [5.74, 6) is -0.180. The van der Waals surface area contributed by atoms with Crippen LogP contribution in [0.15, 0.2) is 64.9 Å². The van der Waals surface area contributed by atoms with Gasteiger partial charge in [-0.05, 0) is 37.1 Å². The van der Waals surface area contributed by atoms with Crippen LogP contribution in [0, 0.1) is 11.3 Å². The molecule has 0 saturated carbocycles. The first-order chi connectivity index (χ1) is 15.5. The molecule has 0 bridgehead atoms. The van der Waals surface area contributed by atoms with Gasteiger partial charge in [-0.15, -0.1) is 23.1 Å². The number of hydrogen-bond donors (Lipinski definition) is 2. The summed E-state index contributed by atoms with van der Waals surface area (Å²) in [4.78, 5) is 25.7. The van der Waals surface area contributed by atoms with Gasteiger partial charge in [-0.3, -0.25) is 9.59 Å². The van der Waals surface area contributed by atoms with Crippen LogP contribution in [-0.4, -0.2) is 17.1 Å². The maximum atomic E-state index is 12.8. The summed E-state index contributed by atoms with van der Waals surface area (Å²) in [5.41, 5.74) is 2.96. The third-order valence-electron chi connectivity index (χ3n) is 4.78. The van der Waals surface area contributed by atoms with E-state index in [4.69, 9.17) is 0 Å². The van der Waals surface area contributed by atoms with Crippen LogP contribution in [-0.2, 0) is 9.59 Å². The Bertz CT molecular complexity index is 1120. The summed E-state index contributed by atoms with van der Waals surface area (Å²) in [6.07, 6.45) is 2.33. The molecule has 3 aromatic rings. The quantitative estimate of drug-likeness (QED) is 0.353. The zero-order valence-corrected chi connectivity index (χ0v) is 19.7. The standard InChI is InChI=1S/C25H25N3O2S2/c1-3-4-13-23(29)27-19-11-8-12-20(14-19)32-17(2)24(30)28-25-21(15-26)22(16-31-25)18-9-6-5-7-10-18/h5-12,14,16-17H,3-4,13H2,1-2H3,(H,27,29)(H,28,30). The van der Waals surface area contributed by atoms with Gasteiger partial charge in [0.1, 0.15) is 11.1 Å². The lowest BCUT2D eigenvalue weighted by molar-refractivity contribution is -0.116. The fourth-order valence-corrected chi connectivity index (χ4v) is 4.92. The Kier molecular flexibility index (Phi) is 8.48. The molecular weight excluding hydrogens is 438 g/mol. The predicted octanol–water partition coefficient (Wildman–Crippen LogP) is 6.53. The second-order valence-electron chi connectivity index (χ2n) is 7.26. The highest BCUT2D eigenvalue weighted by Crippen LogP contribution is 2.35. The van der Waals surface area contributed by atoms with E-state index in [0.29, 0.717) is 17.0 Å². The lowest BCUT2D eigenvalue weighted by Crippen LogP contribution is -2.22. The second kappa shape index (κ2) is 11.5. The number of thioether (sulfide) groups is 1. The van der Waals surface area contributed by atoms with Crippen molar-refractivity contribution in [1.82, 2.24) is 0 Å². The van der Waals surface area contributed by atoms with Crippen LogP contribution in [0.1, 0.15) is 38.7 Å². The molecule has 7 heteroatoms. The van der Waals surface area contributed by atoms with E-state index in [1.807, 2.05) is 66.9 Å². The summed E-state index contributed by atoms with van der Waals surface area (Å²) in [5, 5.41) is 17.5. The van der Waals surface area contributed by atoms with Crippen molar-refractivity contribution >= 4 is 45.6 Å². The number of unbranched alkanes of at least 4 members (excludes halogenated alkanes) is 1. The van der Waals surface area contributed by atoms with Gasteiger partial charge in [-0.2, -0.15) is 5.26 Å². The van der Waals surface area contributed by atoms with E-state index in [-0.39, 0.29) is 17.1 Å². The molecule has 0 fully saturated rings. The van der Waals surface area contributed by atoms with Gasteiger partial charge in [-0.25, -0.2) is 0 Å². The summed E-state index contributed by atoms with van der Waals surface area (Å²) in [7, 11) is 0. The van der Waals surface area contributed by atoms with E-state index >= 15 is 0 Å². The van der Waals surface area contributed by atoms with Crippen LogP contribution in [0.4, 0.5) is 10.7 Å². The molecule has 0 aliphatic rings. The Morgan fingerprint density at radius 3 is 2.62 bits per heavy atom. The maximum Gasteiger partial charge on any atom is 0.238 e. The fraction of sp³-hybridized carbons (Fsp3) is 0.240. The molecule has 3 rings (SSSR count). The Balaban J connectivity index is 1.65. The van der Waals surface area contributed by atoms with E-state index in [1.165, 1.54) is 23.1 Å². The normalized spacial score (nSPS) is 11.4. The molecule has 1 atom stereocenters. The Labute approximate surface area is 196 Å². The minimum Gasteiger partial charge on any atom is -0.326 e. The van der Waals surface area contributed by atoms with Crippen molar-refractivity contribution in [3.8, 4) is 17.2 Å². The average molecular weight is 464 g/mol. The fourth-order valence-electron chi connectivity index (χ4n) is 3.07. The van der Waals surface area contributed by atoms with Gasteiger partial charge in [0.15, 0.2) is 0 Å². The molecule has 32 heavy (non-hydrogen) atoms. The third kappa shape index (κ3) is 6.22. The number of rotatable bonds is 9. The van der Waals surface area contributed by atoms with Crippen molar-refractivity contribution in [3.05, 3.63) is 65.5 Å². The van der Waals surface area contributed by atoms with E-state index in [9.17, 15) is 14.9 Å². The first-order valence-corrected chi connectivity index (χ1v) is 12.2. The highest BCUT2D eigenvalue weighted by Gasteiger charge is 2.19. The number of carbonyl (C=O) groups is 2. The molecule has 2 N–H and O–H groups in total. The van der Waals surface area contributed by atoms with Crippen molar-refractivity contribution in [3.63, 3.8) is 0 Å². The molecule has 0 saturated heterocycles. The van der Waals surface area contributed by atoms with Crippen LogP contribution in [0.25, 0.3) is 11.1 Å². The SMILES string of the molecule is CCCCC(=O)Nc1cccc(SC(C)C(=O)Nc2scc(-c3ccccc3)c2C#N)c1. The number of benzene rings is 2. The molecule has 5 nitrogen and oxygen atoms in total. The summed E-state index contributed by atoms with van der Waals surface area (Å²) in [6.45, 7) is 3.87. The number of thiophene rings is 1. The van der Waals surface area contributed by atoms with Crippen LogP contribution < -0.4 is 10.6 Å². The van der Waals surface area contributed by atoms with Gasteiger partial charge in [0.25, 0.3) is 0 Å². The molecule has 1 unspecified atom stereocenters. The van der Waals surface area contributed by atoms with Gasteiger partial charge in [-0.1, -0.05) is 49.7 Å². The van der Waals surface area contributed by atoms with Crippen molar-refractivity contribution in [1.29, 1.82) is 5.26 Å². The van der Waals surface area contributed by atoms with Crippen molar-refractivity contribution in [2.24, 2.45) is 0 Å². The number of nitrogens with zero attached hydrogens (tertiary/aromatic N) is 1. The lowest BCUT2D eigenvalue weighted by Gasteiger charge is -2.13. The van der Waals surface area contributed by atoms with Crippen LogP contribution in [0.3, 0.4) is 0 Å². The number of nitrogens with one attached hydrogen (secondary N) is 2. The molecule has 0 spiro atoms. The lowest BCUT2D eigenvalue weighted by atomic mass is 10.1. The second-order valence-corrected chi connectivity index (χ2v) is 9.55. The Hall–Kier alpha value is -3.08. The first-order valence-electron chi connectivity index (χ1n) is 10.5. The van der Waals surface area contributed by atoms with Gasteiger partial charge >= 0.3 is 0 Å². The molecule has 1 heterocycles. The minimum atomic E-state index is -0.380. The van der Waals surface area contributed by atoms with E-state index in [2.05, 4.69) is 23.6 Å². The summed E-state index contributed by atoms with van der Waals surface area (Å²) < 4.78 is 0. The van der Waals surface area contributed by atoms with Crippen LogP contribution in [0.5, 0.6) is 0 Å². The highest BCUT2D eigenvalue weighted by molar-refractivity contribution is 8.00. The number of amides is 2. The van der Waals surface area contributed by atoms with Gasteiger partial charge in [0.05, 0.1) is 10.8 Å². The third-order valence-corrected chi connectivity index (χ3v) is 6.77. The van der Waals surface area contributed by atoms with Gasteiger partial charge < -0.3 is 10.6 Å². The molecular formula is C25H25N3O2S2. The van der Waals surface area contributed by atoms with Crippen LogP contribution in [0.2, 0.25) is 0 Å². The zero-order chi connectivity index (χ0) is 22.9. The topological polar surface area (TPSA) is 82.0 Å². The summed E-state index contributed by atoms with van der Waals surface area (Å²) >= 11 is 2.76. The Morgan fingerprint density at radius 2 is 1.91 bits per heavy atom. The van der Waals surface area contributed by atoms with Gasteiger partial charge in [0.2, 0.25) is 11.8 Å². The zero-order valence-electron chi connectivity index (χ0n) is 18.1. The molecule has 2 amide bonds. The highest BCUT2D eigenvalue weighted by atomic mass is 32.2. The molecule has 2 aromatic carbocycles. The molecule has 0 radical (unpaired) electrons. The minimum absolute atomic E-state index is 0.00394. The monoisotopic (exact) mass is 463 g/mol. The smallest absolute Gasteiger partial charge is 0.238 e. The van der Waals surface area contributed by atoms with Gasteiger partial charge in [0, 0.05) is 27.9 Å². The average Bonchev–Trinajstić information content (AvgIpc) is 3.20. The number of nitriles is 1. The van der Waals surface area contributed by atoms with E-state index in [1.54, 1.807) is 0 Å². The number of hydrogen-bond acceptors (Lipinski definition) is 5. The molecule has 164 valence electrons. The maximum absolute atomic E-state index is 12.8. The van der Waals surface area contributed by atoms with E-state index < -0.39 is 0 Å². The largest absolute Gasteiger partial charge is 0.326 e. The molecule has 1 aromatic heterocycles. The Morgan fingerprint density at radius 1 is 1.12 bits per heavy atom. The van der Waals surface area contributed by atoms with Crippen molar-refractivity contribution in [2.45, 2.75) is 43.3 Å². The van der Waals surface area contributed by atoms with Crippen molar-refractivity contribution in [2.75, 3.05) is 10.6 Å². The van der Waals surface area contributed by atoms with E-state index in [0.717, 1.165) is 34.6 Å². The number of carbonyl (C=O) groups excluding carboxylic acids is 2. The van der Waals surface area contributed by atoms with Crippen molar-refractivity contribution < 1.29 is 9.59 Å². The van der Waals surface area contributed by atoms with Crippen LogP contribution >= 0.6 is 23.1 Å². The number of anilines is 2. The summed E-state index contributed by atoms with van der Waals surface area (Å²) in [6, 6.07) is 19.4. The molecule has 0 aliphatic carbocycles. The molecule has 0 aliphatic heterocycles. The predicted molar refractivity (Wildman–Crippen MR) is 133 cm³/mol.